The molecule has 1 fully saturated rings. The molecule has 5 nitrogen and oxygen atoms in total. The normalized spacial score (nSPS) is 16.6. The molecule has 3 heterocycles. The molecule has 0 bridgehead atoms. The van der Waals surface area contributed by atoms with E-state index in [1.807, 2.05) is 33.7 Å². The van der Waals surface area contributed by atoms with Crippen LogP contribution in [0, 0.1) is 0 Å². The molecule has 30 heavy (non-hydrogen) atoms. The van der Waals surface area contributed by atoms with Crippen molar-refractivity contribution in [3.05, 3.63) is 87.7 Å². The number of piperazine rings is 1. The van der Waals surface area contributed by atoms with Crippen LogP contribution in [0.15, 0.2) is 65.5 Å². The topological polar surface area (TPSA) is 45.6 Å². The first kappa shape index (κ1) is 18.8. The molecule has 3 aromatic rings. The summed E-state index contributed by atoms with van der Waals surface area (Å²) < 4.78 is 1.84. The van der Waals surface area contributed by atoms with Gasteiger partial charge in [0.2, 0.25) is 5.91 Å². The van der Waals surface area contributed by atoms with Gasteiger partial charge in [0.1, 0.15) is 0 Å². The van der Waals surface area contributed by atoms with Crippen molar-refractivity contribution in [2.24, 2.45) is 0 Å². The van der Waals surface area contributed by atoms with Crippen molar-refractivity contribution in [1.82, 2.24) is 14.4 Å². The highest BCUT2D eigenvalue weighted by molar-refractivity contribution is 5.93. The maximum Gasteiger partial charge on any atom is 0.258 e. The van der Waals surface area contributed by atoms with Crippen molar-refractivity contribution < 1.29 is 4.79 Å². The minimum atomic E-state index is -0.0240. The van der Waals surface area contributed by atoms with Crippen LogP contribution < -0.4 is 5.56 Å². The summed E-state index contributed by atoms with van der Waals surface area (Å²) in [6, 6.07) is 18.5. The molecule has 152 valence electrons. The van der Waals surface area contributed by atoms with Gasteiger partial charge in [0.25, 0.3) is 5.56 Å². The van der Waals surface area contributed by atoms with Gasteiger partial charge in [-0.2, -0.15) is 0 Å². The second kappa shape index (κ2) is 7.92. The summed E-state index contributed by atoms with van der Waals surface area (Å²) in [4.78, 5) is 29.8. The Morgan fingerprint density at radius 2 is 1.73 bits per heavy atom. The third kappa shape index (κ3) is 3.57. The van der Waals surface area contributed by atoms with Gasteiger partial charge in [-0.15, -0.1) is 0 Å². The quantitative estimate of drug-likeness (QED) is 0.634. The average molecular weight is 399 g/mol. The fourth-order valence-corrected chi connectivity index (χ4v) is 4.54. The highest BCUT2D eigenvalue weighted by atomic mass is 16.2. The van der Waals surface area contributed by atoms with Crippen molar-refractivity contribution in [3.8, 4) is 0 Å². The number of carbonyl (C=O) groups excluding carboxylic acids is 1. The zero-order chi connectivity index (χ0) is 20.5. The molecule has 0 N–H and O–H groups in total. The van der Waals surface area contributed by atoms with E-state index in [0.29, 0.717) is 25.2 Å². The number of rotatable bonds is 4. The Labute approximate surface area is 175 Å². The minimum absolute atomic E-state index is 0.0100. The highest BCUT2D eigenvalue weighted by Crippen LogP contribution is 2.24. The van der Waals surface area contributed by atoms with E-state index in [1.54, 1.807) is 12.2 Å². The number of para-hydroxylation sites is 1. The van der Waals surface area contributed by atoms with Gasteiger partial charge in [-0.25, -0.2) is 0 Å². The van der Waals surface area contributed by atoms with E-state index in [-0.39, 0.29) is 11.5 Å². The van der Waals surface area contributed by atoms with E-state index in [2.05, 4.69) is 35.2 Å². The van der Waals surface area contributed by atoms with E-state index in [0.717, 1.165) is 37.0 Å². The second-order valence-electron chi connectivity index (χ2n) is 8.08. The van der Waals surface area contributed by atoms with Crippen LogP contribution in [-0.4, -0.2) is 46.5 Å². The lowest BCUT2D eigenvalue weighted by Crippen LogP contribution is -2.47. The Balaban J connectivity index is 1.26. The van der Waals surface area contributed by atoms with Crippen molar-refractivity contribution in [3.63, 3.8) is 0 Å². The molecular formula is C25H25N3O2. The molecule has 1 aromatic heterocycles. The Bertz CT molecular complexity index is 1170. The third-order valence-corrected chi connectivity index (χ3v) is 6.17. The van der Waals surface area contributed by atoms with Crippen molar-refractivity contribution in [1.29, 1.82) is 0 Å². The number of aromatic nitrogens is 1. The van der Waals surface area contributed by atoms with E-state index >= 15 is 0 Å². The largest absolute Gasteiger partial charge is 0.337 e. The number of amides is 1. The molecule has 0 unspecified atom stereocenters. The molecule has 5 rings (SSSR count). The van der Waals surface area contributed by atoms with Gasteiger partial charge >= 0.3 is 0 Å². The van der Waals surface area contributed by atoms with E-state index in [4.69, 9.17) is 0 Å². The summed E-state index contributed by atoms with van der Waals surface area (Å²) in [7, 11) is 0. The standard InChI is InChI=1S/C25H25N3O2/c29-23(27-15-13-26(14-16-27)18-19-5-2-1-3-6-19)10-9-22-17-21-8-4-7-20-11-12-28(24(20)21)25(22)30/h1-10,17H,11-16,18H2. The third-order valence-electron chi connectivity index (χ3n) is 6.17. The van der Waals surface area contributed by atoms with Crippen LogP contribution in [0.25, 0.3) is 17.0 Å². The molecule has 1 saturated heterocycles. The summed E-state index contributed by atoms with van der Waals surface area (Å²) in [6.07, 6.45) is 4.14. The van der Waals surface area contributed by atoms with Gasteiger partial charge < -0.3 is 9.47 Å². The van der Waals surface area contributed by atoms with Gasteiger partial charge in [0.05, 0.1) is 5.52 Å². The van der Waals surface area contributed by atoms with Gasteiger partial charge in [-0.1, -0.05) is 48.5 Å². The van der Waals surface area contributed by atoms with Crippen LogP contribution in [0.5, 0.6) is 0 Å². The fourth-order valence-electron chi connectivity index (χ4n) is 4.54. The monoisotopic (exact) mass is 399 g/mol. The number of pyridine rings is 1. The lowest BCUT2D eigenvalue weighted by Gasteiger charge is -2.34. The first-order chi connectivity index (χ1) is 14.7. The predicted molar refractivity (Wildman–Crippen MR) is 119 cm³/mol. The lowest BCUT2D eigenvalue weighted by molar-refractivity contribution is -0.127. The molecule has 2 aliphatic heterocycles. The smallest absolute Gasteiger partial charge is 0.258 e. The van der Waals surface area contributed by atoms with E-state index in [1.165, 1.54) is 11.1 Å². The van der Waals surface area contributed by atoms with Gasteiger partial charge in [0, 0.05) is 50.9 Å². The molecule has 0 atom stereocenters. The number of hydrogen-bond acceptors (Lipinski definition) is 3. The average Bonchev–Trinajstić information content (AvgIpc) is 3.22. The van der Waals surface area contributed by atoms with Crippen molar-refractivity contribution >= 4 is 22.9 Å². The van der Waals surface area contributed by atoms with Crippen molar-refractivity contribution in [2.75, 3.05) is 26.2 Å². The molecule has 0 aliphatic carbocycles. The van der Waals surface area contributed by atoms with Gasteiger partial charge in [0.15, 0.2) is 0 Å². The SMILES string of the molecule is O=C(C=Cc1cc2cccc3c2n(c1=O)CC3)N1CCN(Cc2ccccc2)CC1. The fraction of sp³-hybridized carbons (Fsp3) is 0.280. The Morgan fingerprint density at radius 1 is 0.933 bits per heavy atom. The first-order valence-corrected chi connectivity index (χ1v) is 10.6. The summed E-state index contributed by atoms with van der Waals surface area (Å²) in [5.41, 5.74) is 4.14. The maximum atomic E-state index is 12.8. The highest BCUT2D eigenvalue weighted by Gasteiger charge is 2.20. The van der Waals surface area contributed by atoms with Gasteiger partial charge in [-0.05, 0) is 35.1 Å². The number of hydrogen-bond donors (Lipinski definition) is 0. The van der Waals surface area contributed by atoms with Crippen LogP contribution >= 0.6 is 0 Å². The number of nitrogens with zero attached hydrogens (tertiary/aromatic N) is 3. The van der Waals surface area contributed by atoms with E-state index in [9.17, 15) is 9.59 Å². The Kier molecular flexibility index (Phi) is 4.97. The zero-order valence-corrected chi connectivity index (χ0v) is 17.0. The summed E-state index contributed by atoms with van der Waals surface area (Å²) >= 11 is 0. The van der Waals surface area contributed by atoms with Crippen LogP contribution in [0.1, 0.15) is 16.7 Å². The number of aryl methyl sites for hydroxylation is 2. The molecule has 1 amide bonds. The second-order valence-corrected chi connectivity index (χ2v) is 8.08. The minimum Gasteiger partial charge on any atom is -0.337 e. The van der Waals surface area contributed by atoms with E-state index < -0.39 is 0 Å². The van der Waals surface area contributed by atoms with Crippen molar-refractivity contribution in [2.45, 2.75) is 19.5 Å². The zero-order valence-electron chi connectivity index (χ0n) is 17.0. The first-order valence-electron chi connectivity index (χ1n) is 10.6. The van der Waals surface area contributed by atoms with Gasteiger partial charge in [-0.3, -0.25) is 14.5 Å². The maximum absolute atomic E-state index is 12.8. The number of carbonyl (C=O) groups is 1. The predicted octanol–water partition coefficient (Wildman–Crippen LogP) is 2.92. The molecule has 0 saturated carbocycles. The van der Waals surface area contributed by atoms with Crippen LogP contribution in [-0.2, 0) is 24.3 Å². The summed E-state index contributed by atoms with van der Waals surface area (Å²) in [5, 5.41) is 1.06. The molecule has 0 radical (unpaired) electrons. The molecule has 2 aromatic carbocycles. The molecule has 2 aliphatic rings. The molecule has 0 spiro atoms. The van der Waals surface area contributed by atoms with Crippen LogP contribution in [0.2, 0.25) is 0 Å². The van der Waals surface area contributed by atoms with Crippen LogP contribution in [0.3, 0.4) is 0 Å². The Hall–Kier alpha value is -3.18. The Morgan fingerprint density at radius 3 is 2.53 bits per heavy atom. The number of benzene rings is 2. The molecular weight excluding hydrogens is 374 g/mol. The van der Waals surface area contributed by atoms with Crippen LogP contribution in [0.4, 0.5) is 0 Å². The summed E-state index contributed by atoms with van der Waals surface area (Å²) in [5.74, 6) is -0.0240. The lowest BCUT2D eigenvalue weighted by atomic mass is 10.1. The summed E-state index contributed by atoms with van der Waals surface area (Å²) in [6.45, 7) is 4.77. The molecule has 5 heteroatoms.